The lowest BCUT2D eigenvalue weighted by atomic mass is 10.2. The van der Waals surface area contributed by atoms with Crippen molar-refractivity contribution in [1.29, 1.82) is 0 Å². The zero-order chi connectivity index (χ0) is 9.68. The van der Waals surface area contributed by atoms with Gasteiger partial charge < -0.3 is 14.8 Å². The van der Waals surface area contributed by atoms with Crippen molar-refractivity contribution in [2.45, 2.75) is 6.92 Å². The van der Waals surface area contributed by atoms with Crippen LogP contribution in [0.2, 0.25) is 0 Å². The van der Waals surface area contributed by atoms with Crippen LogP contribution >= 0.6 is 0 Å². The Bertz CT molecular complexity index is 297. The summed E-state index contributed by atoms with van der Waals surface area (Å²) in [6.45, 7) is 2.30. The van der Waals surface area contributed by atoms with Crippen molar-refractivity contribution >= 4 is 12.0 Å². The highest BCUT2D eigenvalue weighted by atomic mass is 16.5. The fraction of sp³-hybridized carbons (Fsp3) is 0.300. The Morgan fingerprint density at radius 3 is 2.92 bits per heavy atom. The number of nitrogens with one attached hydrogen (secondary N) is 1. The maximum atomic E-state index is 10.2. The highest BCUT2D eigenvalue weighted by Crippen LogP contribution is 2.24. The van der Waals surface area contributed by atoms with Crippen molar-refractivity contribution in [2.75, 3.05) is 19.0 Å². The Morgan fingerprint density at radius 2 is 2.31 bits per heavy atom. The Balaban J connectivity index is 2.87. The number of rotatable bonds is 4. The van der Waals surface area contributed by atoms with Crippen LogP contribution in [0.4, 0.5) is 5.69 Å². The van der Waals surface area contributed by atoms with E-state index in [-0.39, 0.29) is 0 Å². The van der Waals surface area contributed by atoms with Crippen molar-refractivity contribution in [3.8, 4) is 5.75 Å². The fourth-order valence-electron chi connectivity index (χ4n) is 1.11. The van der Waals surface area contributed by atoms with Gasteiger partial charge in [-0.25, -0.2) is 0 Å². The standard InChI is InChI=1S/C10H13NO2/c1-8-3-4-10(13-2)9(7-8)11-5-6-12/h3-4,6-7,11H,5H2,1-2H3. The van der Waals surface area contributed by atoms with E-state index in [0.29, 0.717) is 6.54 Å². The number of ether oxygens (including phenoxy) is 1. The molecule has 1 N–H and O–H groups in total. The second-order valence-corrected chi connectivity index (χ2v) is 2.75. The summed E-state index contributed by atoms with van der Waals surface area (Å²) < 4.78 is 5.12. The summed E-state index contributed by atoms with van der Waals surface area (Å²) in [7, 11) is 1.61. The summed E-state index contributed by atoms with van der Waals surface area (Å²) in [4.78, 5) is 10.2. The van der Waals surface area contributed by atoms with Crippen LogP contribution in [0.15, 0.2) is 18.2 Å². The monoisotopic (exact) mass is 179 g/mol. The number of carbonyl (C=O) groups is 1. The predicted molar refractivity (Wildman–Crippen MR) is 52.3 cm³/mol. The molecule has 0 fully saturated rings. The van der Waals surface area contributed by atoms with Gasteiger partial charge in [0.05, 0.1) is 19.3 Å². The molecule has 0 aliphatic carbocycles. The van der Waals surface area contributed by atoms with Crippen LogP contribution in [-0.2, 0) is 4.79 Å². The van der Waals surface area contributed by atoms with Crippen LogP contribution in [0.5, 0.6) is 5.75 Å². The zero-order valence-corrected chi connectivity index (χ0v) is 7.83. The number of aryl methyl sites for hydroxylation is 1. The SMILES string of the molecule is COc1ccc(C)cc1NCC=O. The third-order valence-corrected chi connectivity index (χ3v) is 1.73. The molecule has 0 bridgehead atoms. The molecule has 13 heavy (non-hydrogen) atoms. The van der Waals surface area contributed by atoms with Crippen molar-refractivity contribution in [2.24, 2.45) is 0 Å². The van der Waals surface area contributed by atoms with Crippen molar-refractivity contribution < 1.29 is 9.53 Å². The summed E-state index contributed by atoms with van der Waals surface area (Å²) >= 11 is 0. The van der Waals surface area contributed by atoms with E-state index < -0.39 is 0 Å². The molecule has 3 heteroatoms. The number of benzene rings is 1. The van der Waals surface area contributed by atoms with Crippen LogP contribution < -0.4 is 10.1 Å². The Labute approximate surface area is 77.7 Å². The molecule has 0 heterocycles. The molecule has 0 aliphatic rings. The number of hydrogen-bond donors (Lipinski definition) is 1. The van der Waals surface area contributed by atoms with Crippen molar-refractivity contribution in [1.82, 2.24) is 0 Å². The molecule has 0 amide bonds. The maximum Gasteiger partial charge on any atom is 0.141 e. The number of methoxy groups -OCH3 is 1. The van der Waals surface area contributed by atoms with Crippen LogP contribution in [0.3, 0.4) is 0 Å². The van der Waals surface area contributed by atoms with E-state index >= 15 is 0 Å². The van der Waals surface area contributed by atoms with E-state index in [1.807, 2.05) is 25.1 Å². The minimum absolute atomic E-state index is 0.305. The van der Waals surface area contributed by atoms with Crippen LogP contribution in [-0.4, -0.2) is 19.9 Å². The zero-order valence-electron chi connectivity index (χ0n) is 7.83. The van der Waals surface area contributed by atoms with Crippen LogP contribution in [0, 0.1) is 6.92 Å². The molecule has 1 rings (SSSR count). The van der Waals surface area contributed by atoms with Gasteiger partial charge in [-0.05, 0) is 24.6 Å². The summed E-state index contributed by atoms with van der Waals surface area (Å²) in [5.41, 5.74) is 1.99. The van der Waals surface area contributed by atoms with Gasteiger partial charge in [-0.2, -0.15) is 0 Å². The first-order chi connectivity index (χ1) is 6.27. The largest absolute Gasteiger partial charge is 0.495 e. The molecule has 0 radical (unpaired) electrons. The second kappa shape index (κ2) is 4.50. The van der Waals surface area contributed by atoms with Crippen molar-refractivity contribution in [3.05, 3.63) is 23.8 Å². The first-order valence-electron chi connectivity index (χ1n) is 4.10. The minimum atomic E-state index is 0.305. The molecule has 1 aromatic rings. The normalized spacial score (nSPS) is 9.38. The third-order valence-electron chi connectivity index (χ3n) is 1.73. The van der Waals surface area contributed by atoms with E-state index in [2.05, 4.69) is 5.32 Å². The molecule has 0 atom stereocenters. The van der Waals surface area contributed by atoms with Gasteiger partial charge in [0.1, 0.15) is 12.0 Å². The Kier molecular flexibility index (Phi) is 3.31. The summed E-state index contributed by atoms with van der Waals surface area (Å²) in [6.07, 6.45) is 0.821. The number of carbonyl (C=O) groups excluding carboxylic acids is 1. The molecule has 0 saturated carbocycles. The van der Waals surface area contributed by atoms with Gasteiger partial charge in [0, 0.05) is 0 Å². The topological polar surface area (TPSA) is 38.3 Å². The highest BCUT2D eigenvalue weighted by molar-refractivity contribution is 5.64. The van der Waals surface area contributed by atoms with Crippen LogP contribution in [0.25, 0.3) is 0 Å². The lowest BCUT2D eigenvalue weighted by Crippen LogP contribution is -2.03. The van der Waals surface area contributed by atoms with Gasteiger partial charge in [0.15, 0.2) is 0 Å². The molecule has 70 valence electrons. The highest BCUT2D eigenvalue weighted by Gasteiger charge is 2.00. The number of hydrogen-bond acceptors (Lipinski definition) is 3. The van der Waals surface area contributed by atoms with Crippen molar-refractivity contribution in [3.63, 3.8) is 0 Å². The second-order valence-electron chi connectivity index (χ2n) is 2.75. The molecule has 0 saturated heterocycles. The molecular formula is C10H13NO2. The summed E-state index contributed by atoms with van der Waals surface area (Å²) in [5.74, 6) is 0.757. The molecule has 0 aromatic heterocycles. The minimum Gasteiger partial charge on any atom is -0.495 e. The van der Waals surface area contributed by atoms with E-state index in [4.69, 9.17) is 4.74 Å². The van der Waals surface area contributed by atoms with Gasteiger partial charge in [-0.3, -0.25) is 0 Å². The lowest BCUT2D eigenvalue weighted by molar-refractivity contribution is -0.106. The number of anilines is 1. The van der Waals surface area contributed by atoms with Crippen LogP contribution in [0.1, 0.15) is 5.56 Å². The molecular weight excluding hydrogens is 166 g/mol. The Morgan fingerprint density at radius 1 is 1.54 bits per heavy atom. The molecule has 3 nitrogen and oxygen atoms in total. The van der Waals surface area contributed by atoms with Gasteiger partial charge in [-0.1, -0.05) is 6.07 Å². The first-order valence-corrected chi connectivity index (χ1v) is 4.10. The quantitative estimate of drug-likeness (QED) is 0.714. The molecule has 0 aliphatic heterocycles. The average molecular weight is 179 g/mol. The third kappa shape index (κ3) is 2.47. The maximum absolute atomic E-state index is 10.2. The first kappa shape index (κ1) is 9.58. The summed E-state index contributed by atoms with van der Waals surface area (Å²) in [6, 6.07) is 5.79. The molecule has 0 spiro atoms. The van der Waals surface area contributed by atoms with E-state index in [0.717, 1.165) is 23.3 Å². The lowest BCUT2D eigenvalue weighted by Gasteiger charge is -2.09. The smallest absolute Gasteiger partial charge is 0.141 e. The predicted octanol–water partition coefficient (Wildman–Crippen LogP) is 1.61. The van der Waals surface area contributed by atoms with Gasteiger partial charge >= 0.3 is 0 Å². The fourth-order valence-corrected chi connectivity index (χ4v) is 1.11. The Hall–Kier alpha value is -1.51. The van der Waals surface area contributed by atoms with E-state index in [1.165, 1.54) is 0 Å². The van der Waals surface area contributed by atoms with Gasteiger partial charge in [-0.15, -0.1) is 0 Å². The van der Waals surface area contributed by atoms with E-state index in [9.17, 15) is 4.79 Å². The van der Waals surface area contributed by atoms with Gasteiger partial charge in [0.25, 0.3) is 0 Å². The average Bonchev–Trinajstić information content (AvgIpc) is 2.15. The molecule has 0 unspecified atom stereocenters. The summed E-state index contributed by atoms with van der Waals surface area (Å²) in [5, 5.41) is 2.96. The molecule has 1 aromatic carbocycles. The number of aldehydes is 1. The van der Waals surface area contributed by atoms with E-state index in [1.54, 1.807) is 7.11 Å². The van der Waals surface area contributed by atoms with Gasteiger partial charge in [0.2, 0.25) is 0 Å².